The largest absolute Gasteiger partial charge is 0.471 e. The molecule has 27 heavy (non-hydrogen) atoms. The highest BCUT2D eigenvalue weighted by Gasteiger charge is 2.43. The minimum Gasteiger partial charge on any atom is -0.355 e. The highest BCUT2D eigenvalue weighted by Crippen LogP contribution is 2.23. The van der Waals surface area contributed by atoms with Gasteiger partial charge in [-0.05, 0) is 19.4 Å². The predicted molar refractivity (Wildman–Crippen MR) is 91.7 cm³/mol. The molecular formula is C17H27F3N4O3. The lowest BCUT2D eigenvalue weighted by Gasteiger charge is -2.34. The van der Waals surface area contributed by atoms with E-state index in [0.29, 0.717) is 13.1 Å². The Kier molecular flexibility index (Phi) is 7.46. The minimum absolute atomic E-state index is 0.00311. The van der Waals surface area contributed by atoms with Crippen LogP contribution in [-0.4, -0.2) is 91.0 Å². The zero-order valence-electron chi connectivity index (χ0n) is 15.6. The van der Waals surface area contributed by atoms with E-state index in [1.165, 1.54) is 0 Å². The van der Waals surface area contributed by atoms with Crippen LogP contribution in [0.4, 0.5) is 13.2 Å². The molecule has 7 nitrogen and oxygen atoms in total. The number of piperidine rings is 1. The molecule has 0 radical (unpaired) electrons. The number of halogens is 3. The Labute approximate surface area is 156 Å². The van der Waals surface area contributed by atoms with Crippen molar-refractivity contribution in [3.8, 4) is 0 Å². The van der Waals surface area contributed by atoms with E-state index in [9.17, 15) is 27.6 Å². The normalized spacial score (nSPS) is 19.9. The summed E-state index contributed by atoms with van der Waals surface area (Å²) in [5.74, 6) is -2.55. The number of nitrogens with one attached hydrogen (secondary N) is 1. The third-order valence-corrected chi connectivity index (χ3v) is 5.21. The van der Waals surface area contributed by atoms with E-state index in [-0.39, 0.29) is 50.7 Å². The van der Waals surface area contributed by atoms with Crippen LogP contribution < -0.4 is 5.32 Å². The zero-order valence-corrected chi connectivity index (χ0v) is 15.6. The molecule has 10 heteroatoms. The summed E-state index contributed by atoms with van der Waals surface area (Å²) in [4.78, 5) is 40.3. The molecule has 0 bridgehead atoms. The molecule has 0 spiro atoms. The summed E-state index contributed by atoms with van der Waals surface area (Å²) in [6.07, 6.45) is -4.28. The van der Waals surface area contributed by atoms with Gasteiger partial charge in [0.15, 0.2) is 0 Å². The monoisotopic (exact) mass is 392 g/mol. The summed E-state index contributed by atoms with van der Waals surface area (Å²) in [5.41, 5.74) is 0. The fourth-order valence-corrected chi connectivity index (χ4v) is 3.43. The Morgan fingerprint density at radius 1 is 0.963 bits per heavy atom. The summed E-state index contributed by atoms with van der Waals surface area (Å²) in [5, 5.41) is 2.69. The fourth-order valence-electron chi connectivity index (χ4n) is 3.43. The van der Waals surface area contributed by atoms with E-state index in [1.807, 2.05) is 0 Å². The van der Waals surface area contributed by atoms with Crippen LogP contribution in [0.3, 0.4) is 0 Å². The maximum absolute atomic E-state index is 12.4. The number of rotatable bonds is 5. The van der Waals surface area contributed by atoms with Crippen molar-refractivity contribution in [1.29, 1.82) is 0 Å². The predicted octanol–water partition coefficient (Wildman–Crippen LogP) is 0.458. The van der Waals surface area contributed by atoms with Crippen LogP contribution in [0.5, 0.6) is 0 Å². The Morgan fingerprint density at radius 3 is 2.07 bits per heavy atom. The molecule has 2 aliphatic heterocycles. The molecule has 0 atom stereocenters. The van der Waals surface area contributed by atoms with Crippen LogP contribution in [0.1, 0.15) is 26.2 Å². The van der Waals surface area contributed by atoms with Crippen LogP contribution in [0, 0.1) is 5.92 Å². The summed E-state index contributed by atoms with van der Waals surface area (Å²) in [6, 6.07) is 0. The number of alkyl halides is 3. The molecule has 2 aliphatic rings. The molecule has 3 amide bonds. The number of carbonyl (C=O) groups excluding carboxylic acids is 3. The average Bonchev–Trinajstić information content (AvgIpc) is 2.66. The Morgan fingerprint density at radius 2 is 1.56 bits per heavy atom. The van der Waals surface area contributed by atoms with E-state index in [0.717, 1.165) is 24.5 Å². The molecule has 2 heterocycles. The fraction of sp³-hybridized carbons (Fsp3) is 0.824. The quantitative estimate of drug-likeness (QED) is 0.738. The second-order valence-electron chi connectivity index (χ2n) is 6.92. The summed E-state index contributed by atoms with van der Waals surface area (Å²) in [6.45, 7) is 6.16. The zero-order chi connectivity index (χ0) is 20.0. The SMILES string of the molecule is CCN1CCN(C(=O)CCNC(=O)C2CCN(C(=O)C(F)(F)F)CC2)CC1. The van der Waals surface area contributed by atoms with Gasteiger partial charge in [-0.15, -0.1) is 0 Å². The number of hydrogen-bond acceptors (Lipinski definition) is 4. The minimum atomic E-state index is -4.88. The highest BCUT2D eigenvalue weighted by atomic mass is 19.4. The molecule has 0 aromatic carbocycles. The van der Waals surface area contributed by atoms with E-state index in [4.69, 9.17) is 0 Å². The standard InChI is InChI=1S/C17H27F3N4O3/c1-2-22-9-11-23(12-10-22)14(25)3-6-21-15(26)13-4-7-24(8-5-13)16(27)17(18,19)20/h13H,2-12H2,1H3,(H,21,26). The van der Waals surface area contributed by atoms with Crippen LogP contribution in [-0.2, 0) is 14.4 Å². The third kappa shape index (κ3) is 6.08. The van der Waals surface area contributed by atoms with Gasteiger partial charge in [-0.1, -0.05) is 6.92 Å². The van der Waals surface area contributed by atoms with Crippen molar-refractivity contribution < 1.29 is 27.6 Å². The molecule has 2 saturated heterocycles. The topological polar surface area (TPSA) is 73.0 Å². The Hall–Kier alpha value is -1.84. The van der Waals surface area contributed by atoms with E-state index in [2.05, 4.69) is 17.1 Å². The van der Waals surface area contributed by atoms with Gasteiger partial charge in [0.05, 0.1) is 0 Å². The van der Waals surface area contributed by atoms with E-state index < -0.39 is 18.0 Å². The van der Waals surface area contributed by atoms with Gasteiger partial charge in [0.1, 0.15) is 0 Å². The van der Waals surface area contributed by atoms with Crippen molar-refractivity contribution in [3.63, 3.8) is 0 Å². The molecule has 0 aliphatic carbocycles. The van der Waals surface area contributed by atoms with Crippen molar-refractivity contribution in [2.45, 2.75) is 32.4 Å². The number of piperazine rings is 1. The maximum Gasteiger partial charge on any atom is 0.471 e. The second kappa shape index (κ2) is 9.38. The maximum atomic E-state index is 12.4. The van der Waals surface area contributed by atoms with Crippen LogP contribution in [0.15, 0.2) is 0 Å². The third-order valence-electron chi connectivity index (χ3n) is 5.21. The molecule has 2 rings (SSSR count). The second-order valence-corrected chi connectivity index (χ2v) is 6.92. The molecular weight excluding hydrogens is 365 g/mol. The van der Waals surface area contributed by atoms with Crippen molar-refractivity contribution >= 4 is 17.7 Å². The van der Waals surface area contributed by atoms with Crippen LogP contribution in [0.25, 0.3) is 0 Å². The van der Waals surface area contributed by atoms with Gasteiger partial charge in [-0.2, -0.15) is 13.2 Å². The molecule has 0 aromatic rings. The van der Waals surface area contributed by atoms with Crippen LogP contribution >= 0.6 is 0 Å². The highest BCUT2D eigenvalue weighted by molar-refractivity contribution is 5.83. The van der Waals surface area contributed by atoms with Gasteiger partial charge >= 0.3 is 12.1 Å². The van der Waals surface area contributed by atoms with Gasteiger partial charge in [0.25, 0.3) is 0 Å². The number of carbonyl (C=O) groups is 3. The average molecular weight is 392 g/mol. The molecule has 154 valence electrons. The number of likely N-dealkylation sites (tertiary alicyclic amines) is 1. The van der Waals surface area contributed by atoms with E-state index >= 15 is 0 Å². The van der Waals surface area contributed by atoms with Gasteiger partial charge in [0, 0.05) is 58.2 Å². The first kappa shape index (κ1) is 21.5. The number of nitrogens with zero attached hydrogens (tertiary/aromatic N) is 3. The first-order chi connectivity index (χ1) is 12.7. The summed E-state index contributed by atoms with van der Waals surface area (Å²) >= 11 is 0. The van der Waals surface area contributed by atoms with Gasteiger partial charge in [-0.3, -0.25) is 14.4 Å². The van der Waals surface area contributed by atoms with Crippen LogP contribution in [0.2, 0.25) is 0 Å². The lowest BCUT2D eigenvalue weighted by atomic mass is 9.96. The lowest BCUT2D eigenvalue weighted by molar-refractivity contribution is -0.186. The van der Waals surface area contributed by atoms with Crippen molar-refractivity contribution in [1.82, 2.24) is 20.0 Å². The Balaban J connectivity index is 1.65. The lowest BCUT2D eigenvalue weighted by Crippen LogP contribution is -2.49. The first-order valence-electron chi connectivity index (χ1n) is 9.36. The molecule has 0 saturated carbocycles. The van der Waals surface area contributed by atoms with Crippen molar-refractivity contribution in [2.24, 2.45) is 5.92 Å². The first-order valence-corrected chi connectivity index (χ1v) is 9.36. The number of likely N-dealkylation sites (N-methyl/N-ethyl adjacent to an activating group) is 1. The molecule has 1 N–H and O–H groups in total. The smallest absolute Gasteiger partial charge is 0.355 e. The van der Waals surface area contributed by atoms with Crippen molar-refractivity contribution in [3.05, 3.63) is 0 Å². The van der Waals surface area contributed by atoms with Crippen molar-refractivity contribution in [2.75, 3.05) is 52.4 Å². The number of amides is 3. The Bertz CT molecular complexity index is 540. The summed E-state index contributed by atoms with van der Waals surface area (Å²) < 4.78 is 37.3. The molecule has 0 unspecified atom stereocenters. The molecule has 0 aromatic heterocycles. The van der Waals surface area contributed by atoms with E-state index in [1.54, 1.807) is 4.90 Å². The van der Waals surface area contributed by atoms with Gasteiger partial charge in [0.2, 0.25) is 11.8 Å². The number of hydrogen-bond donors (Lipinski definition) is 1. The van der Waals surface area contributed by atoms with Gasteiger partial charge < -0.3 is 20.0 Å². The molecule has 2 fully saturated rings. The summed E-state index contributed by atoms with van der Waals surface area (Å²) in [7, 11) is 0. The van der Waals surface area contributed by atoms with Gasteiger partial charge in [-0.25, -0.2) is 0 Å².